The molecule has 0 saturated carbocycles. The minimum atomic E-state index is -0.0766. The predicted molar refractivity (Wildman–Crippen MR) is 86.8 cm³/mol. The average molecular weight is 362 g/mol. The minimum Gasteiger partial charge on any atom is -0.348 e. The Bertz CT molecular complexity index is 752. The first-order chi connectivity index (χ1) is 10.2. The van der Waals surface area contributed by atoms with Crippen molar-refractivity contribution in [3.63, 3.8) is 0 Å². The standard InChI is InChI=1S/C15H12BrN3OS/c16-14-8-12(10-21-14)15(20)17-9-11-4-1-2-5-13(11)19-7-3-6-18-19/h1-8,10H,9H2,(H,17,20). The van der Waals surface area contributed by atoms with Crippen LogP contribution < -0.4 is 5.32 Å². The molecule has 3 rings (SSSR count). The number of halogens is 1. The number of rotatable bonds is 4. The van der Waals surface area contributed by atoms with Crippen LogP contribution in [-0.2, 0) is 6.54 Å². The van der Waals surface area contributed by atoms with Crippen molar-refractivity contribution in [3.05, 3.63) is 69.1 Å². The van der Waals surface area contributed by atoms with E-state index in [-0.39, 0.29) is 5.91 Å². The maximum absolute atomic E-state index is 12.1. The Morgan fingerprint density at radius 1 is 1.33 bits per heavy atom. The number of hydrogen-bond acceptors (Lipinski definition) is 3. The van der Waals surface area contributed by atoms with Crippen LogP contribution in [0.15, 0.2) is 58.0 Å². The summed E-state index contributed by atoms with van der Waals surface area (Å²) in [7, 11) is 0. The number of nitrogens with one attached hydrogen (secondary N) is 1. The first kappa shape index (κ1) is 14.0. The fourth-order valence-electron chi connectivity index (χ4n) is 2.00. The predicted octanol–water partition coefficient (Wildman–Crippen LogP) is 3.63. The zero-order chi connectivity index (χ0) is 14.7. The van der Waals surface area contributed by atoms with Gasteiger partial charge in [-0.3, -0.25) is 4.79 Å². The van der Waals surface area contributed by atoms with Crippen molar-refractivity contribution in [2.75, 3.05) is 0 Å². The molecule has 0 fully saturated rings. The van der Waals surface area contributed by atoms with E-state index in [1.54, 1.807) is 10.9 Å². The van der Waals surface area contributed by atoms with Crippen molar-refractivity contribution in [1.29, 1.82) is 0 Å². The molecule has 106 valence electrons. The highest BCUT2D eigenvalue weighted by Gasteiger charge is 2.09. The van der Waals surface area contributed by atoms with Crippen molar-refractivity contribution in [1.82, 2.24) is 15.1 Å². The number of thiophene rings is 1. The molecular formula is C15H12BrN3OS. The van der Waals surface area contributed by atoms with Crippen LogP contribution in [0.5, 0.6) is 0 Å². The van der Waals surface area contributed by atoms with Crippen LogP contribution in [0.3, 0.4) is 0 Å². The highest BCUT2D eigenvalue weighted by atomic mass is 79.9. The van der Waals surface area contributed by atoms with Crippen LogP contribution in [0.25, 0.3) is 5.69 Å². The van der Waals surface area contributed by atoms with E-state index < -0.39 is 0 Å². The lowest BCUT2D eigenvalue weighted by molar-refractivity contribution is 0.0951. The number of nitrogens with zero attached hydrogens (tertiary/aromatic N) is 2. The summed E-state index contributed by atoms with van der Waals surface area (Å²) >= 11 is 4.86. The van der Waals surface area contributed by atoms with Crippen molar-refractivity contribution < 1.29 is 4.79 Å². The van der Waals surface area contributed by atoms with Crippen molar-refractivity contribution in [2.45, 2.75) is 6.54 Å². The molecule has 2 aromatic heterocycles. The zero-order valence-corrected chi connectivity index (χ0v) is 13.4. The molecule has 0 atom stereocenters. The molecule has 6 heteroatoms. The lowest BCUT2D eigenvalue weighted by atomic mass is 10.1. The Balaban J connectivity index is 1.75. The number of amides is 1. The smallest absolute Gasteiger partial charge is 0.252 e. The number of para-hydroxylation sites is 1. The Morgan fingerprint density at radius 3 is 2.90 bits per heavy atom. The van der Waals surface area contributed by atoms with Gasteiger partial charge in [-0.2, -0.15) is 5.10 Å². The molecular weight excluding hydrogens is 350 g/mol. The van der Waals surface area contributed by atoms with Gasteiger partial charge in [0.25, 0.3) is 5.91 Å². The SMILES string of the molecule is O=C(NCc1ccccc1-n1cccn1)c1csc(Br)c1. The van der Waals surface area contributed by atoms with Gasteiger partial charge in [0.05, 0.1) is 15.0 Å². The van der Waals surface area contributed by atoms with Gasteiger partial charge in [-0.05, 0) is 39.7 Å². The van der Waals surface area contributed by atoms with Crippen LogP contribution in [0.4, 0.5) is 0 Å². The molecule has 4 nitrogen and oxygen atoms in total. The fraction of sp³-hybridized carbons (Fsp3) is 0.0667. The van der Waals surface area contributed by atoms with E-state index in [4.69, 9.17) is 0 Å². The molecule has 0 aliphatic carbocycles. The normalized spacial score (nSPS) is 10.5. The van der Waals surface area contributed by atoms with E-state index in [0.717, 1.165) is 15.0 Å². The zero-order valence-electron chi connectivity index (χ0n) is 11.0. The van der Waals surface area contributed by atoms with Crippen LogP contribution in [-0.4, -0.2) is 15.7 Å². The number of aromatic nitrogens is 2. The molecule has 3 aromatic rings. The third-order valence-corrected chi connectivity index (χ3v) is 4.52. The molecule has 0 aliphatic heterocycles. The summed E-state index contributed by atoms with van der Waals surface area (Å²) < 4.78 is 2.74. The third-order valence-electron chi connectivity index (χ3n) is 3.01. The van der Waals surface area contributed by atoms with Gasteiger partial charge in [-0.15, -0.1) is 11.3 Å². The Kier molecular flexibility index (Phi) is 4.17. The second-order valence-electron chi connectivity index (χ2n) is 4.40. The van der Waals surface area contributed by atoms with Gasteiger partial charge >= 0.3 is 0 Å². The third kappa shape index (κ3) is 3.22. The highest BCUT2D eigenvalue weighted by molar-refractivity contribution is 9.11. The van der Waals surface area contributed by atoms with Gasteiger partial charge < -0.3 is 5.32 Å². The summed E-state index contributed by atoms with van der Waals surface area (Å²) in [5, 5.41) is 9.00. The molecule has 2 heterocycles. The van der Waals surface area contributed by atoms with E-state index in [9.17, 15) is 4.79 Å². The minimum absolute atomic E-state index is 0.0766. The summed E-state index contributed by atoms with van der Waals surface area (Å²) in [6.07, 6.45) is 3.62. The molecule has 1 N–H and O–H groups in total. The maximum Gasteiger partial charge on any atom is 0.252 e. The highest BCUT2D eigenvalue weighted by Crippen LogP contribution is 2.20. The second-order valence-corrected chi connectivity index (χ2v) is 6.69. The van der Waals surface area contributed by atoms with Crippen LogP contribution in [0.1, 0.15) is 15.9 Å². The van der Waals surface area contributed by atoms with Crippen molar-refractivity contribution >= 4 is 33.2 Å². The Labute approximate surface area is 134 Å². The number of carbonyl (C=O) groups is 1. The molecule has 1 amide bonds. The van der Waals surface area contributed by atoms with E-state index >= 15 is 0 Å². The van der Waals surface area contributed by atoms with Crippen molar-refractivity contribution in [2.24, 2.45) is 0 Å². The average Bonchev–Trinajstić information content (AvgIpc) is 3.16. The summed E-state index contributed by atoms with van der Waals surface area (Å²) in [5.74, 6) is -0.0766. The van der Waals surface area contributed by atoms with Gasteiger partial charge in [0.2, 0.25) is 0 Å². The molecule has 0 radical (unpaired) electrons. The van der Waals surface area contributed by atoms with Gasteiger partial charge in [0.15, 0.2) is 0 Å². The summed E-state index contributed by atoms with van der Waals surface area (Å²) in [4.78, 5) is 12.1. The molecule has 0 bridgehead atoms. The lowest BCUT2D eigenvalue weighted by Gasteiger charge is -2.10. The number of carbonyl (C=O) groups excluding carboxylic acids is 1. The Hall–Kier alpha value is -1.92. The topological polar surface area (TPSA) is 46.9 Å². The fourth-order valence-corrected chi connectivity index (χ4v) is 3.14. The second kappa shape index (κ2) is 6.24. The Morgan fingerprint density at radius 2 is 2.19 bits per heavy atom. The molecule has 0 saturated heterocycles. The van der Waals surface area contributed by atoms with E-state index in [0.29, 0.717) is 12.1 Å². The molecule has 0 spiro atoms. The van der Waals surface area contributed by atoms with Gasteiger partial charge in [-0.25, -0.2) is 4.68 Å². The molecule has 0 unspecified atom stereocenters. The van der Waals surface area contributed by atoms with Gasteiger partial charge in [0, 0.05) is 24.3 Å². The largest absolute Gasteiger partial charge is 0.348 e. The van der Waals surface area contributed by atoms with E-state index in [1.165, 1.54) is 11.3 Å². The number of benzene rings is 1. The molecule has 1 aromatic carbocycles. The molecule has 21 heavy (non-hydrogen) atoms. The van der Waals surface area contributed by atoms with Crippen LogP contribution in [0.2, 0.25) is 0 Å². The van der Waals surface area contributed by atoms with Crippen LogP contribution in [0, 0.1) is 0 Å². The number of hydrogen-bond donors (Lipinski definition) is 1. The van der Waals surface area contributed by atoms with Crippen LogP contribution >= 0.6 is 27.3 Å². The first-order valence-electron chi connectivity index (χ1n) is 6.34. The first-order valence-corrected chi connectivity index (χ1v) is 8.01. The quantitative estimate of drug-likeness (QED) is 0.771. The van der Waals surface area contributed by atoms with Gasteiger partial charge in [-0.1, -0.05) is 18.2 Å². The summed E-state index contributed by atoms with van der Waals surface area (Å²) in [5.41, 5.74) is 2.65. The lowest BCUT2D eigenvalue weighted by Crippen LogP contribution is -2.23. The summed E-state index contributed by atoms with van der Waals surface area (Å²) in [6.45, 7) is 0.461. The maximum atomic E-state index is 12.1. The van der Waals surface area contributed by atoms with Gasteiger partial charge in [0.1, 0.15) is 0 Å². The van der Waals surface area contributed by atoms with E-state index in [2.05, 4.69) is 26.3 Å². The van der Waals surface area contributed by atoms with Crippen molar-refractivity contribution in [3.8, 4) is 5.69 Å². The summed E-state index contributed by atoms with van der Waals surface area (Å²) in [6, 6.07) is 11.6. The monoisotopic (exact) mass is 361 g/mol. The van der Waals surface area contributed by atoms with E-state index in [1.807, 2.05) is 48.0 Å². The molecule has 0 aliphatic rings.